The highest BCUT2D eigenvalue weighted by Gasteiger charge is 1.98. The molecular formula is C30H45BrN2O2. The van der Waals surface area contributed by atoms with Crippen LogP contribution in [0.5, 0.6) is 11.5 Å². The van der Waals surface area contributed by atoms with E-state index < -0.39 is 0 Å². The number of halogens is 1. The van der Waals surface area contributed by atoms with Crippen LogP contribution in [-0.2, 0) is 0 Å². The van der Waals surface area contributed by atoms with Crippen molar-refractivity contribution in [1.82, 2.24) is 0 Å². The predicted octanol–water partition coefficient (Wildman–Crippen LogP) is 10.7. The van der Waals surface area contributed by atoms with E-state index in [0.29, 0.717) is 0 Å². The standard InChI is InChI=1S/C30H45BrN2O2/c1-2-3-4-5-11-14-25-34-29-20-16-27(17-21-29)32-33-28-18-22-30(23-19-28)35-26-15-12-9-7-6-8-10-13-24-31/h16-23H,2-15,24-26H2,1H3. The molecule has 35 heavy (non-hydrogen) atoms. The van der Waals surface area contributed by atoms with Crippen molar-refractivity contribution in [3.05, 3.63) is 48.5 Å². The van der Waals surface area contributed by atoms with Gasteiger partial charge in [0, 0.05) is 5.33 Å². The van der Waals surface area contributed by atoms with E-state index in [-0.39, 0.29) is 0 Å². The van der Waals surface area contributed by atoms with Crippen molar-refractivity contribution in [3.8, 4) is 11.5 Å². The smallest absolute Gasteiger partial charge is 0.119 e. The van der Waals surface area contributed by atoms with Crippen molar-refractivity contribution in [2.24, 2.45) is 10.2 Å². The summed E-state index contributed by atoms with van der Waals surface area (Å²) in [6.45, 7) is 3.80. The number of nitrogens with zero attached hydrogens (tertiary/aromatic N) is 2. The number of hydrogen-bond donors (Lipinski definition) is 0. The lowest BCUT2D eigenvalue weighted by Crippen LogP contribution is -1.97. The number of unbranched alkanes of at least 4 members (excludes halogenated alkanes) is 12. The predicted molar refractivity (Wildman–Crippen MR) is 152 cm³/mol. The van der Waals surface area contributed by atoms with Gasteiger partial charge in [-0.05, 0) is 67.8 Å². The summed E-state index contributed by atoms with van der Waals surface area (Å²) in [4.78, 5) is 0. The van der Waals surface area contributed by atoms with Crippen LogP contribution >= 0.6 is 15.9 Å². The zero-order valence-electron chi connectivity index (χ0n) is 21.7. The summed E-state index contributed by atoms with van der Waals surface area (Å²) in [5, 5.41) is 9.82. The summed E-state index contributed by atoms with van der Waals surface area (Å²) in [6, 6.07) is 15.7. The van der Waals surface area contributed by atoms with Gasteiger partial charge < -0.3 is 9.47 Å². The maximum atomic E-state index is 5.87. The molecule has 0 aliphatic carbocycles. The molecule has 0 N–H and O–H groups in total. The van der Waals surface area contributed by atoms with Crippen molar-refractivity contribution >= 4 is 27.3 Å². The normalized spacial score (nSPS) is 11.3. The van der Waals surface area contributed by atoms with E-state index in [9.17, 15) is 0 Å². The van der Waals surface area contributed by atoms with Gasteiger partial charge in [0.25, 0.3) is 0 Å². The summed E-state index contributed by atoms with van der Waals surface area (Å²) in [6.07, 6.45) is 18.0. The monoisotopic (exact) mass is 544 g/mol. The highest BCUT2D eigenvalue weighted by atomic mass is 79.9. The lowest BCUT2D eigenvalue weighted by molar-refractivity contribution is 0.304. The lowest BCUT2D eigenvalue weighted by Gasteiger charge is -2.06. The minimum atomic E-state index is 0.776. The topological polar surface area (TPSA) is 43.2 Å². The average molecular weight is 546 g/mol. The minimum absolute atomic E-state index is 0.776. The fourth-order valence-electron chi connectivity index (χ4n) is 3.85. The maximum Gasteiger partial charge on any atom is 0.119 e. The van der Waals surface area contributed by atoms with Crippen molar-refractivity contribution in [1.29, 1.82) is 0 Å². The Morgan fingerprint density at radius 3 is 1.29 bits per heavy atom. The highest BCUT2D eigenvalue weighted by molar-refractivity contribution is 9.09. The number of alkyl halides is 1. The molecule has 0 saturated carbocycles. The Bertz CT molecular complexity index is 778. The molecule has 2 rings (SSSR count). The van der Waals surface area contributed by atoms with Crippen LogP contribution in [0, 0.1) is 0 Å². The van der Waals surface area contributed by atoms with Gasteiger partial charge in [0.15, 0.2) is 0 Å². The van der Waals surface area contributed by atoms with Crippen LogP contribution in [0.15, 0.2) is 58.8 Å². The van der Waals surface area contributed by atoms with Crippen LogP contribution in [-0.4, -0.2) is 18.5 Å². The van der Waals surface area contributed by atoms with Crippen LogP contribution in [0.3, 0.4) is 0 Å². The molecule has 2 aromatic carbocycles. The van der Waals surface area contributed by atoms with Crippen LogP contribution in [0.1, 0.15) is 96.8 Å². The third-order valence-corrected chi connectivity index (χ3v) is 6.58. The molecule has 0 spiro atoms. The molecular weight excluding hydrogens is 500 g/mol. The first kappa shape index (κ1) is 29.4. The largest absolute Gasteiger partial charge is 0.494 e. The summed E-state index contributed by atoms with van der Waals surface area (Å²) in [5.41, 5.74) is 1.64. The zero-order valence-corrected chi connectivity index (χ0v) is 23.3. The molecule has 194 valence electrons. The molecule has 5 heteroatoms. The Kier molecular flexibility index (Phi) is 17.0. The summed E-state index contributed by atoms with van der Waals surface area (Å²) in [5.74, 6) is 1.79. The molecule has 0 amide bonds. The molecule has 0 unspecified atom stereocenters. The first-order valence-electron chi connectivity index (χ1n) is 13.7. The number of azo groups is 1. The number of rotatable bonds is 21. The molecule has 4 nitrogen and oxygen atoms in total. The second-order valence-electron chi connectivity index (χ2n) is 9.17. The second-order valence-corrected chi connectivity index (χ2v) is 9.96. The quantitative estimate of drug-likeness (QED) is 0.0889. The molecule has 2 aromatic rings. The summed E-state index contributed by atoms with van der Waals surface area (Å²) in [7, 11) is 0. The highest BCUT2D eigenvalue weighted by Crippen LogP contribution is 2.23. The van der Waals surface area contributed by atoms with E-state index in [4.69, 9.17) is 9.47 Å². The lowest BCUT2D eigenvalue weighted by atomic mass is 10.1. The molecule has 0 saturated heterocycles. The van der Waals surface area contributed by atoms with Crippen molar-refractivity contribution in [2.45, 2.75) is 96.8 Å². The fraction of sp³-hybridized carbons (Fsp3) is 0.600. The van der Waals surface area contributed by atoms with Crippen LogP contribution in [0.4, 0.5) is 11.4 Å². The van der Waals surface area contributed by atoms with Crippen LogP contribution in [0.25, 0.3) is 0 Å². The number of hydrogen-bond acceptors (Lipinski definition) is 4. The van der Waals surface area contributed by atoms with Gasteiger partial charge in [0.1, 0.15) is 11.5 Å². The first-order chi connectivity index (χ1) is 17.3. The average Bonchev–Trinajstić information content (AvgIpc) is 2.89. The van der Waals surface area contributed by atoms with Gasteiger partial charge >= 0.3 is 0 Å². The van der Waals surface area contributed by atoms with Crippen molar-refractivity contribution in [2.75, 3.05) is 18.5 Å². The molecule has 0 aliphatic rings. The number of ether oxygens (including phenoxy) is 2. The third kappa shape index (κ3) is 15.0. The molecule has 0 aromatic heterocycles. The first-order valence-corrected chi connectivity index (χ1v) is 14.9. The van der Waals surface area contributed by atoms with E-state index in [2.05, 4.69) is 33.1 Å². The van der Waals surface area contributed by atoms with Gasteiger partial charge in [-0.2, -0.15) is 10.2 Å². The fourth-order valence-corrected chi connectivity index (χ4v) is 4.25. The Morgan fingerprint density at radius 1 is 0.514 bits per heavy atom. The van der Waals surface area contributed by atoms with E-state index in [1.807, 2.05) is 48.5 Å². The molecule has 0 heterocycles. The van der Waals surface area contributed by atoms with Crippen molar-refractivity contribution < 1.29 is 9.47 Å². The van der Waals surface area contributed by atoms with Crippen LogP contribution < -0.4 is 9.47 Å². The Labute approximate surface area is 222 Å². The minimum Gasteiger partial charge on any atom is -0.494 e. The van der Waals surface area contributed by atoms with E-state index in [0.717, 1.165) is 54.3 Å². The van der Waals surface area contributed by atoms with Gasteiger partial charge in [-0.3, -0.25) is 0 Å². The van der Waals surface area contributed by atoms with Gasteiger partial charge in [0.2, 0.25) is 0 Å². The molecule has 0 fully saturated rings. The molecule has 0 radical (unpaired) electrons. The van der Waals surface area contributed by atoms with Gasteiger partial charge in [-0.15, -0.1) is 0 Å². The summed E-state index contributed by atoms with van der Waals surface area (Å²) >= 11 is 3.49. The molecule has 0 aliphatic heterocycles. The van der Waals surface area contributed by atoms with Crippen LogP contribution in [0.2, 0.25) is 0 Å². The Hall–Kier alpha value is -1.88. The van der Waals surface area contributed by atoms with Crippen molar-refractivity contribution in [3.63, 3.8) is 0 Å². The Balaban J connectivity index is 1.57. The van der Waals surface area contributed by atoms with Gasteiger partial charge in [0.05, 0.1) is 24.6 Å². The Morgan fingerprint density at radius 2 is 0.886 bits per heavy atom. The number of benzene rings is 2. The summed E-state index contributed by atoms with van der Waals surface area (Å²) < 4.78 is 11.7. The van der Waals surface area contributed by atoms with E-state index in [1.54, 1.807) is 0 Å². The SMILES string of the molecule is CCCCCCCCOc1ccc(N=Nc2ccc(OCCCCCCCCCCBr)cc2)cc1. The van der Waals surface area contributed by atoms with Gasteiger partial charge in [-0.1, -0.05) is 93.5 Å². The van der Waals surface area contributed by atoms with Gasteiger partial charge in [-0.25, -0.2) is 0 Å². The van der Waals surface area contributed by atoms with E-state index in [1.165, 1.54) is 77.0 Å². The zero-order chi connectivity index (χ0) is 24.8. The molecule has 0 bridgehead atoms. The van der Waals surface area contributed by atoms with E-state index >= 15 is 0 Å². The molecule has 0 atom stereocenters. The third-order valence-electron chi connectivity index (χ3n) is 6.02. The maximum absolute atomic E-state index is 5.87. The second kappa shape index (κ2) is 20.3.